The van der Waals surface area contributed by atoms with Gasteiger partial charge in [-0.05, 0) is 6.07 Å². The molecule has 0 heterocycles. The van der Waals surface area contributed by atoms with Crippen LogP contribution in [0.5, 0.6) is 5.75 Å². The van der Waals surface area contributed by atoms with Gasteiger partial charge in [-0.1, -0.05) is 0 Å². The summed E-state index contributed by atoms with van der Waals surface area (Å²) in [6.07, 6.45) is 0.526. The summed E-state index contributed by atoms with van der Waals surface area (Å²) in [5, 5.41) is 19.7. The van der Waals surface area contributed by atoms with Crippen molar-refractivity contribution in [3.63, 3.8) is 0 Å². The minimum Gasteiger partial charge on any atom is -0.487 e. The molecule has 0 saturated carbocycles. The maximum atomic E-state index is 10.9. The molecule has 0 unspecified atom stereocenters. The Labute approximate surface area is 121 Å². The average Bonchev–Trinajstić information content (AvgIpc) is 2.45. The Morgan fingerprint density at radius 3 is 2.67 bits per heavy atom. The van der Waals surface area contributed by atoms with Gasteiger partial charge in [0.05, 0.1) is 30.3 Å². The molecule has 0 saturated heterocycles. The fourth-order valence-electron chi connectivity index (χ4n) is 1.50. The molecule has 116 valence electrons. The average molecular weight is 299 g/mol. The van der Waals surface area contributed by atoms with Gasteiger partial charge in [0.15, 0.2) is 5.75 Å². The third kappa shape index (κ3) is 5.76. The molecule has 0 spiro atoms. The fraction of sp³-hybridized carbons (Fsp3) is 0.462. The predicted molar refractivity (Wildman–Crippen MR) is 72.9 cm³/mol. The lowest BCUT2D eigenvalue weighted by atomic mass is 10.2. The second-order valence-electron chi connectivity index (χ2n) is 4.05. The molecule has 21 heavy (non-hydrogen) atoms. The number of ether oxygens (including phenoxy) is 3. The lowest BCUT2D eigenvalue weighted by molar-refractivity contribution is -0.385. The van der Waals surface area contributed by atoms with Crippen molar-refractivity contribution in [3.05, 3.63) is 33.9 Å². The molecule has 0 bridgehead atoms. The van der Waals surface area contributed by atoms with Crippen molar-refractivity contribution < 1.29 is 29.0 Å². The van der Waals surface area contributed by atoms with E-state index in [-0.39, 0.29) is 23.6 Å². The minimum absolute atomic E-state index is 0.0585. The van der Waals surface area contributed by atoms with Crippen LogP contribution in [0.15, 0.2) is 18.2 Å². The van der Waals surface area contributed by atoms with Crippen molar-refractivity contribution in [2.24, 2.45) is 0 Å². The van der Waals surface area contributed by atoms with E-state index in [4.69, 9.17) is 19.3 Å². The van der Waals surface area contributed by atoms with E-state index >= 15 is 0 Å². The molecule has 1 rings (SSSR count). The number of hydrogen-bond acceptors (Lipinski definition) is 6. The second-order valence-corrected chi connectivity index (χ2v) is 4.05. The third-order valence-electron chi connectivity index (χ3n) is 2.53. The first-order valence-corrected chi connectivity index (χ1v) is 6.27. The highest BCUT2D eigenvalue weighted by atomic mass is 16.6. The first-order valence-electron chi connectivity index (χ1n) is 6.27. The Morgan fingerprint density at radius 1 is 1.29 bits per heavy atom. The maximum absolute atomic E-state index is 10.9. The third-order valence-corrected chi connectivity index (χ3v) is 2.53. The van der Waals surface area contributed by atoms with Gasteiger partial charge in [0.1, 0.15) is 0 Å². The van der Waals surface area contributed by atoms with Gasteiger partial charge < -0.3 is 19.3 Å². The summed E-state index contributed by atoms with van der Waals surface area (Å²) in [6, 6.07) is 3.43. The molecular formula is C13H17NO7. The molecule has 0 aliphatic carbocycles. The van der Waals surface area contributed by atoms with E-state index in [1.165, 1.54) is 6.07 Å². The van der Waals surface area contributed by atoms with E-state index in [1.54, 1.807) is 7.11 Å². The van der Waals surface area contributed by atoms with Crippen LogP contribution in [-0.2, 0) is 9.47 Å². The molecule has 0 amide bonds. The number of carboxylic acids is 1. The molecule has 0 aromatic heterocycles. The van der Waals surface area contributed by atoms with E-state index in [2.05, 4.69) is 0 Å². The molecule has 0 radical (unpaired) electrons. The smallest absolute Gasteiger partial charge is 0.335 e. The highest BCUT2D eigenvalue weighted by Gasteiger charge is 2.17. The lowest BCUT2D eigenvalue weighted by Gasteiger charge is -2.08. The van der Waals surface area contributed by atoms with E-state index in [1.807, 2.05) is 0 Å². The van der Waals surface area contributed by atoms with Crippen LogP contribution in [0.4, 0.5) is 5.69 Å². The van der Waals surface area contributed by atoms with Gasteiger partial charge in [0.2, 0.25) is 0 Å². The molecule has 1 N–H and O–H groups in total. The van der Waals surface area contributed by atoms with Gasteiger partial charge in [-0.3, -0.25) is 10.1 Å². The molecule has 8 heteroatoms. The number of aromatic carboxylic acids is 1. The van der Waals surface area contributed by atoms with E-state index in [9.17, 15) is 14.9 Å². The minimum atomic E-state index is -1.17. The Morgan fingerprint density at radius 2 is 2.05 bits per heavy atom. The van der Waals surface area contributed by atoms with Crippen molar-refractivity contribution in [2.45, 2.75) is 6.42 Å². The predicted octanol–water partition coefficient (Wildman–Crippen LogP) is 1.72. The zero-order chi connectivity index (χ0) is 15.7. The van der Waals surface area contributed by atoms with E-state index in [0.717, 1.165) is 12.1 Å². The van der Waals surface area contributed by atoms with Crippen molar-refractivity contribution in [1.29, 1.82) is 0 Å². The monoisotopic (exact) mass is 299 g/mol. The number of carboxylic acid groups (broad SMARTS) is 1. The number of benzene rings is 1. The van der Waals surface area contributed by atoms with Crippen molar-refractivity contribution in [2.75, 3.05) is 33.5 Å². The van der Waals surface area contributed by atoms with Crippen LogP contribution >= 0.6 is 0 Å². The topological polar surface area (TPSA) is 108 Å². The molecule has 0 atom stereocenters. The Hall–Kier alpha value is -2.19. The Balaban J connectivity index is 2.53. The van der Waals surface area contributed by atoms with Crippen LogP contribution in [0.2, 0.25) is 0 Å². The zero-order valence-corrected chi connectivity index (χ0v) is 11.6. The van der Waals surface area contributed by atoms with Gasteiger partial charge in [-0.15, -0.1) is 0 Å². The fourth-order valence-corrected chi connectivity index (χ4v) is 1.50. The number of nitro benzene ring substituents is 1. The van der Waals surface area contributed by atoms with Gasteiger partial charge >= 0.3 is 11.7 Å². The Kier molecular flexibility index (Phi) is 7.13. The molecule has 0 fully saturated rings. The van der Waals surface area contributed by atoms with Crippen LogP contribution in [0.25, 0.3) is 0 Å². The quantitative estimate of drug-likeness (QED) is 0.398. The van der Waals surface area contributed by atoms with Crippen LogP contribution in [0.1, 0.15) is 16.8 Å². The Bertz CT molecular complexity index is 489. The summed E-state index contributed by atoms with van der Waals surface area (Å²) in [7, 11) is 1.57. The number of nitrogens with zero attached hydrogens (tertiary/aromatic N) is 1. The number of carbonyl (C=O) groups is 1. The highest BCUT2D eigenvalue weighted by Crippen LogP contribution is 2.28. The summed E-state index contributed by atoms with van der Waals surface area (Å²) in [6.45, 7) is 1.57. The van der Waals surface area contributed by atoms with Crippen LogP contribution < -0.4 is 4.74 Å². The lowest BCUT2D eigenvalue weighted by Crippen LogP contribution is -2.08. The molecular weight excluding hydrogens is 282 g/mol. The molecule has 0 aliphatic heterocycles. The van der Waals surface area contributed by atoms with E-state index < -0.39 is 10.9 Å². The summed E-state index contributed by atoms with van der Waals surface area (Å²) in [4.78, 5) is 21.1. The number of nitro groups is 1. The van der Waals surface area contributed by atoms with Crippen molar-refractivity contribution >= 4 is 11.7 Å². The van der Waals surface area contributed by atoms with Crippen molar-refractivity contribution in [3.8, 4) is 5.75 Å². The summed E-state index contributed by atoms with van der Waals surface area (Å²) in [5.74, 6) is -1.23. The van der Waals surface area contributed by atoms with Gasteiger partial charge in [0, 0.05) is 32.3 Å². The molecule has 8 nitrogen and oxygen atoms in total. The summed E-state index contributed by atoms with van der Waals surface area (Å²) in [5.41, 5.74) is -0.327. The van der Waals surface area contributed by atoms with Crippen molar-refractivity contribution in [1.82, 2.24) is 0 Å². The largest absolute Gasteiger partial charge is 0.487 e. The van der Waals surface area contributed by atoms with Gasteiger partial charge in [-0.25, -0.2) is 4.79 Å². The number of methoxy groups -OCH3 is 1. The highest BCUT2D eigenvalue weighted by molar-refractivity contribution is 5.88. The first-order chi connectivity index (χ1) is 10.1. The first kappa shape index (κ1) is 16.9. The standard InChI is InChI=1S/C13H17NO7/c1-19-7-8-20-5-2-6-21-12-9-10(13(15)16)3-4-11(12)14(17)18/h3-4,9H,2,5-8H2,1H3,(H,15,16). The van der Waals surface area contributed by atoms with Crippen LogP contribution in [0.3, 0.4) is 0 Å². The summed E-state index contributed by atoms with van der Waals surface area (Å²) < 4.78 is 15.3. The second kappa shape index (κ2) is 8.88. The molecule has 1 aromatic rings. The normalized spacial score (nSPS) is 10.3. The van der Waals surface area contributed by atoms with Crippen LogP contribution in [0, 0.1) is 10.1 Å². The molecule has 0 aliphatic rings. The van der Waals surface area contributed by atoms with Gasteiger partial charge in [-0.2, -0.15) is 0 Å². The van der Waals surface area contributed by atoms with Gasteiger partial charge in [0.25, 0.3) is 0 Å². The molecule has 1 aromatic carbocycles. The number of hydrogen-bond donors (Lipinski definition) is 1. The maximum Gasteiger partial charge on any atom is 0.335 e. The number of rotatable bonds is 10. The SMILES string of the molecule is COCCOCCCOc1cc(C(=O)O)ccc1[N+](=O)[O-]. The summed E-state index contributed by atoms with van der Waals surface area (Å²) >= 11 is 0. The van der Waals surface area contributed by atoms with E-state index in [0.29, 0.717) is 26.2 Å². The zero-order valence-electron chi connectivity index (χ0n) is 11.6. The van der Waals surface area contributed by atoms with Crippen LogP contribution in [-0.4, -0.2) is 49.5 Å².